The Morgan fingerprint density at radius 2 is 1.67 bits per heavy atom. The lowest BCUT2D eigenvalue weighted by atomic mass is 9.80. The second-order valence-electron chi connectivity index (χ2n) is 10.9. The number of phenols is 1. The number of aryl methyl sites for hydroxylation is 1. The third-order valence-corrected chi connectivity index (χ3v) is 8.48. The number of aromatic hydroxyl groups is 1. The van der Waals surface area contributed by atoms with Crippen LogP contribution < -0.4 is 4.90 Å². The third-order valence-electron chi connectivity index (χ3n) is 7.63. The number of nitriles is 1. The molecule has 42 heavy (non-hydrogen) atoms. The molecule has 0 fully saturated rings. The second-order valence-corrected chi connectivity index (χ2v) is 12.3. The molecule has 1 N–H and O–H groups in total. The summed E-state index contributed by atoms with van der Waals surface area (Å²) in [5, 5.41) is 20.0. The average Bonchev–Trinajstić information content (AvgIpc) is 3.16. The zero-order valence-electron chi connectivity index (χ0n) is 25.4. The highest BCUT2D eigenvalue weighted by Crippen LogP contribution is 2.41. The van der Waals surface area contributed by atoms with Crippen molar-refractivity contribution < 1.29 is 22.7 Å². The summed E-state index contributed by atoms with van der Waals surface area (Å²) in [4.78, 5) is 2.04. The van der Waals surface area contributed by atoms with Gasteiger partial charge in [0.05, 0.1) is 21.9 Å². The number of phenolic OH excluding ortho intramolecular Hbond substituents is 1. The highest BCUT2D eigenvalue weighted by Gasteiger charge is 2.44. The molecule has 7 nitrogen and oxygen atoms in total. The number of allylic oxidation sites excluding steroid dienone is 1. The van der Waals surface area contributed by atoms with Gasteiger partial charge in [-0.2, -0.15) is 9.84 Å². The third kappa shape index (κ3) is 7.47. The van der Waals surface area contributed by atoms with Gasteiger partial charge >= 0.3 is 0 Å². The normalized spacial score (nSPS) is 13.9. The number of hydrogen-bond donors (Lipinski definition) is 1. The zero-order valence-corrected chi connectivity index (χ0v) is 26.2. The molecule has 0 unspecified atom stereocenters. The highest BCUT2D eigenvalue weighted by atomic mass is 32.2. The summed E-state index contributed by atoms with van der Waals surface area (Å²) < 4.78 is 33.5. The largest absolute Gasteiger partial charge is 0.744 e. The molecule has 8 heteroatoms. The van der Waals surface area contributed by atoms with Gasteiger partial charge in [-0.05, 0) is 77.1 Å². The standard InChI is InChI=1S/C27H33N3O.C7H8O3S/c1-6-9-16-30-24-14-10-20(19-28)17-23(24)27(4,5)26(30)15-12-21-11-13-22(18-25(21)31)29(7-2)8-3;1-6-2-4-7(5-3-6)11(8,9)10/h10-15,17-18H,6-9,16H2,1-5H3;2-5H,1H3,(H,8,9,10). The van der Waals surface area contributed by atoms with E-state index >= 15 is 0 Å². The van der Waals surface area contributed by atoms with Crippen molar-refractivity contribution in [3.63, 3.8) is 0 Å². The average molecular weight is 588 g/mol. The van der Waals surface area contributed by atoms with Gasteiger partial charge < -0.3 is 14.6 Å². The molecule has 0 aliphatic carbocycles. The van der Waals surface area contributed by atoms with Crippen molar-refractivity contribution in [1.82, 2.24) is 0 Å². The maximum absolute atomic E-state index is 10.6. The molecule has 222 valence electrons. The molecular weight excluding hydrogens is 546 g/mol. The lowest BCUT2D eigenvalue weighted by molar-refractivity contribution is -0.438. The fourth-order valence-corrected chi connectivity index (χ4v) is 5.60. The maximum Gasteiger partial charge on any atom is 0.209 e. The Bertz CT molecular complexity index is 1610. The Labute approximate surface area is 250 Å². The lowest BCUT2D eigenvalue weighted by Gasteiger charge is -2.21. The predicted octanol–water partition coefficient (Wildman–Crippen LogP) is 6.90. The monoisotopic (exact) mass is 587 g/mol. The Balaban J connectivity index is 0.000000369. The van der Waals surface area contributed by atoms with Crippen molar-refractivity contribution >= 4 is 33.3 Å². The first kappa shape index (κ1) is 32.6. The van der Waals surface area contributed by atoms with E-state index in [4.69, 9.17) is 0 Å². The molecule has 0 saturated carbocycles. The predicted molar refractivity (Wildman–Crippen MR) is 169 cm³/mol. The molecule has 0 aromatic heterocycles. The summed E-state index contributed by atoms with van der Waals surface area (Å²) in [6.45, 7) is 15.4. The van der Waals surface area contributed by atoms with Crippen LogP contribution in [0.1, 0.15) is 69.7 Å². The van der Waals surface area contributed by atoms with Gasteiger partial charge in [-0.3, -0.25) is 0 Å². The van der Waals surface area contributed by atoms with E-state index in [1.165, 1.54) is 29.1 Å². The zero-order chi connectivity index (χ0) is 31.1. The van der Waals surface area contributed by atoms with Gasteiger partial charge in [-0.1, -0.05) is 31.0 Å². The quantitative estimate of drug-likeness (QED) is 0.216. The van der Waals surface area contributed by atoms with Crippen LogP contribution in [-0.4, -0.2) is 48.0 Å². The molecule has 0 atom stereocenters. The van der Waals surface area contributed by atoms with Gasteiger partial charge in [0.2, 0.25) is 5.69 Å². The summed E-state index contributed by atoms with van der Waals surface area (Å²) >= 11 is 0. The number of rotatable bonds is 9. The van der Waals surface area contributed by atoms with Crippen LogP contribution in [0.4, 0.5) is 11.4 Å². The Hall–Kier alpha value is -3.93. The molecule has 3 aromatic carbocycles. The van der Waals surface area contributed by atoms with Crippen molar-refractivity contribution in [2.75, 3.05) is 24.5 Å². The molecule has 0 radical (unpaired) electrons. The van der Waals surface area contributed by atoms with Crippen LogP contribution in [0.25, 0.3) is 6.08 Å². The molecule has 4 rings (SSSR count). The summed E-state index contributed by atoms with van der Waals surface area (Å²) in [5.41, 5.74) is 6.80. The number of benzene rings is 3. The second kappa shape index (κ2) is 13.8. The Kier molecular flexibility index (Phi) is 10.7. The Morgan fingerprint density at radius 1 is 1.00 bits per heavy atom. The van der Waals surface area contributed by atoms with Gasteiger partial charge in [-0.15, -0.1) is 0 Å². The SMILES string of the molecule is CCCC[N+]1=C(/C=C/c2ccc(N(CC)CC)cc2O)C(C)(C)c2cc(C#N)ccc21.Cc1ccc(S(=O)(=O)[O-])cc1. The first-order valence-electron chi connectivity index (χ1n) is 14.4. The summed E-state index contributed by atoms with van der Waals surface area (Å²) in [6.07, 6.45) is 6.35. The van der Waals surface area contributed by atoms with Crippen molar-refractivity contribution in [2.45, 2.75) is 64.7 Å². The fraction of sp³-hybridized carbons (Fsp3) is 0.353. The van der Waals surface area contributed by atoms with Crippen molar-refractivity contribution in [3.8, 4) is 11.8 Å². The number of anilines is 1. The van der Waals surface area contributed by atoms with Crippen molar-refractivity contribution in [1.29, 1.82) is 5.26 Å². The topological polar surface area (TPSA) is 107 Å². The molecule has 0 amide bonds. The minimum Gasteiger partial charge on any atom is -0.744 e. The van der Waals surface area contributed by atoms with Crippen LogP contribution in [0, 0.1) is 18.3 Å². The van der Waals surface area contributed by atoms with Crippen LogP contribution in [0.15, 0.2) is 71.6 Å². The van der Waals surface area contributed by atoms with Gasteiger partial charge in [0.1, 0.15) is 22.4 Å². The van der Waals surface area contributed by atoms with Crippen LogP contribution >= 0.6 is 0 Å². The fourth-order valence-electron chi connectivity index (χ4n) is 5.13. The Morgan fingerprint density at radius 3 is 2.21 bits per heavy atom. The van der Waals surface area contributed by atoms with Crippen LogP contribution in [0.3, 0.4) is 0 Å². The summed E-state index contributed by atoms with van der Waals surface area (Å²) in [5.74, 6) is 0.293. The van der Waals surface area contributed by atoms with Crippen LogP contribution in [-0.2, 0) is 15.5 Å². The number of fused-ring (bicyclic) bond motifs is 1. The van der Waals surface area contributed by atoms with Crippen molar-refractivity contribution in [2.24, 2.45) is 0 Å². The van der Waals surface area contributed by atoms with E-state index in [1.54, 1.807) is 12.1 Å². The van der Waals surface area contributed by atoms with E-state index in [9.17, 15) is 23.3 Å². The van der Waals surface area contributed by atoms with Gasteiger partial charge in [0, 0.05) is 54.5 Å². The van der Waals surface area contributed by atoms with E-state index in [-0.39, 0.29) is 10.3 Å². The van der Waals surface area contributed by atoms with E-state index < -0.39 is 10.1 Å². The molecule has 0 spiro atoms. The minimum absolute atomic E-state index is 0.178. The van der Waals surface area contributed by atoms with Crippen LogP contribution in [0.5, 0.6) is 5.75 Å². The van der Waals surface area contributed by atoms with E-state index in [1.807, 2.05) is 37.3 Å². The number of unbranched alkanes of at least 4 members (excludes halogenated alkanes) is 1. The molecule has 0 saturated heterocycles. The maximum atomic E-state index is 10.6. The molecule has 0 bridgehead atoms. The number of nitrogens with zero attached hydrogens (tertiary/aromatic N) is 3. The molecular formula is C34H41N3O4S. The van der Waals surface area contributed by atoms with Gasteiger partial charge in [0.25, 0.3) is 0 Å². The van der Waals surface area contributed by atoms with E-state index in [0.29, 0.717) is 11.3 Å². The summed E-state index contributed by atoms with van der Waals surface area (Å²) in [7, 11) is -4.27. The first-order valence-corrected chi connectivity index (χ1v) is 15.8. The molecule has 1 aliphatic heterocycles. The minimum atomic E-state index is -4.27. The van der Waals surface area contributed by atoms with E-state index in [2.05, 4.69) is 68.4 Å². The molecule has 3 aromatic rings. The molecule has 1 heterocycles. The van der Waals surface area contributed by atoms with Gasteiger partial charge in [-0.25, -0.2) is 8.42 Å². The molecule has 1 aliphatic rings. The van der Waals surface area contributed by atoms with Crippen molar-refractivity contribution in [3.05, 3.63) is 89.0 Å². The number of hydrogen-bond acceptors (Lipinski definition) is 6. The van der Waals surface area contributed by atoms with E-state index in [0.717, 1.165) is 49.3 Å². The first-order chi connectivity index (χ1) is 19.9. The van der Waals surface area contributed by atoms with Gasteiger partial charge in [0.15, 0.2) is 5.71 Å². The lowest BCUT2D eigenvalue weighted by Crippen LogP contribution is -2.28. The van der Waals surface area contributed by atoms with Crippen LogP contribution in [0.2, 0.25) is 0 Å². The summed E-state index contributed by atoms with van der Waals surface area (Å²) in [6, 6.07) is 20.0. The highest BCUT2D eigenvalue weighted by molar-refractivity contribution is 7.85. The smallest absolute Gasteiger partial charge is 0.209 e.